The van der Waals surface area contributed by atoms with Gasteiger partial charge in [-0.05, 0) is 45.3 Å². The second kappa shape index (κ2) is 9.34. The molecule has 3 N–H and O–H groups in total. The van der Waals surface area contributed by atoms with Crippen molar-refractivity contribution in [2.24, 2.45) is 5.73 Å². The second-order valence-electron chi connectivity index (χ2n) is 5.36. The van der Waals surface area contributed by atoms with Gasteiger partial charge in [-0.3, -0.25) is 4.79 Å². The van der Waals surface area contributed by atoms with E-state index in [2.05, 4.69) is 17.1 Å². The molecule has 1 aliphatic heterocycles. The van der Waals surface area contributed by atoms with Gasteiger partial charge in [0.15, 0.2) is 0 Å². The van der Waals surface area contributed by atoms with Gasteiger partial charge in [-0.2, -0.15) is 0 Å². The maximum atomic E-state index is 11.6. The van der Waals surface area contributed by atoms with Gasteiger partial charge in [-0.15, -0.1) is 0 Å². The Morgan fingerprint density at radius 1 is 1.33 bits per heavy atom. The van der Waals surface area contributed by atoms with Crippen LogP contribution in [0.5, 0.6) is 0 Å². The van der Waals surface area contributed by atoms with Crippen molar-refractivity contribution in [1.29, 1.82) is 0 Å². The van der Waals surface area contributed by atoms with Crippen molar-refractivity contribution >= 4 is 5.91 Å². The van der Waals surface area contributed by atoms with Crippen molar-refractivity contribution in [2.45, 2.75) is 57.9 Å². The van der Waals surface area contributed by atoms with E-state index in [0.29, 0.717) is 6.42 Å². The van der Waals surface area contributed by atoms with Gasteiger partial charge in [0.2, 0.25) is 5.91 Å². The summed E-state index contributed by atoms with van der Waals surface area (Å²) in [6.07, 6.45) is 7.54. The number of nitrogens with two attached hydrogens (primary N) is 1. The molecule has 4 heteroatoms. The number of hydrogen-bond acceptors (Lipinski definition) is 3. The summed E-state index contributed by atoms with van der Waals surface area (Å²) < 4.78 is 0. The van der Waals surface area contributed by atoms with E-state index in [4.69, 9.17) is 5.73 Å². The molecule has 1 amide bonds. The molecule has 18 heavy (non-hydrogen) atoms. The molecule has 1 atom stereocenters. The van der Waals surface area contributed by atoms with Crippen LogP contribution in [0, 0.1) is 0 Å². The Hall–Kier alpha value is -0.610. The number of carbonyl (C=O) groups is 1. The van der Waals surface area contributed by atoms with Gasteiger partial charge in [-0.1, -0.05) is 19.8 Å². The molecule has 0 radical (unpaired) electrons. The zero-order chi connectivity index (χ0) is 13.2. The molecule has 0 aromatic heterocycles. The highest BCUT2D eigenvalue weighted by atomic mass is 16.1. The molecular weight excluding hydrogens is 226 g/mol. The van der Waals surface area contributed by atoms with E-state index in [-0.39, 0.29) is 11.9 Å². The molecule has 1 rings (SSSR count). The third-order valence-corrected chi connectivity index (χ3v) is 3.53. The second-order valence-corrected chi connectivity index (χ2v) is 5.36. The zero-order valence-corrected chi connectivity index (χ0v) is 11.8. The normalized spacial score (nSPS) is 18.6. The lowest BCUT2D eigenvalue weighted by molar-refractivity contribution is -0.121. The Morgan fingerprint density at radius 3 is 2.72 bits per heavy atom. The molecule has 1 unspecified atom stereocenters. The van der Waals surface area contributed by atoms with E-state index in [1.54, 1.807) is 0 Å². The van der Waals surface area contributed by atoms with Crippen LogP contribution < -0.4 is 11.1 Å². The quantitative estimate of drug-likeness (QED) is 0.646. The molecule has 0 aromatic rings. The van der Waals surface area contributed by atoms with Gasteiger partial charge in [0.25, 0.3) is 0 Å². The zero-order valence-electron chi connectivity index (χ0n) is 11.8. The fourth-order valence-corrected chi connectivity index (χ4v) is 2.50. The number of rotatable bonds is 8. The van der Waals surface area contributed by atoms with E-state index in [9.17, 15) is 4.79 Å². The summed E-state index contributed by atoms with van der Waals surface area (Å²) in [7, 11) is 0. The smallest absolute Gasteiger partial charge is 0.221 e. The van der Waals surface area contributed by atoms with Crippen LogP contribution >= 0.6 is 0 Å². The summed E-state index contributed by atoms with van der Waals surface area (Å²) >= 11 is 0. The highest BCUT2D eigenvalue weighted by molar-refractivity contribution is 5.76. The van der Waals surface area contributed by atoms with Gasteiger partial charge >= 0.3 is 0 Å². The van der Waals surface area contributed by atoms with Gasteiger partial charge in [0.1, 0.15) is 0 Å². The summed E-state index contributed by atoms with van der Waals surface area (Å²) in [5.41, 5.74) is 5.84. The predicted octanol–water partition coefficient (Wildman–Crippen LogP) is 1.50. The molecule has 1 aliphatic rings. The lowest BCUT2D eigenvalue weighted by Gasteiger charge is -2.26. The van der Waals surface area contributed by atoms with Crippen LogP contribution in [0.3, 0.4) is 0 Å². The third-order valence-electron chi connectivity index (χ3n) is 3.53. The van der Waals surface area contributed by atoms with Crippen molar-refractivity contribution in [2.75, 3.05) is 26.2 Å². The number of piperidine rings is 1. The lowest BCUT2D eigenvalue weighted by Crippen LogP contribution is -2.35. The first kappa shape index (κ1) is 15.4. The van der Waals surface area contributed by atoms with Gasteiger partial charge in [0.05, 0.1) is 0 Å². The lowest BCUT2D eigenvalue weighted by atomic mass is 10.1. The number of nitrogens with zero attached hydrogens (tertiary/aromatic N) is 1. The fourth-order valence-electron chi connectivity index (χ4n) is 2.50. The summed E-state index contributed by atoms with van der Waals surface area (Å²) in [5.74, 6) is 0.106. The molecule has 1 fully saturated rings. The Balaban J connectivity index is 1.97. The highest BCUT2D eigenvalue weighted by Gasteiger charge is 2.10. The molecular formula is C14H29N3O. The van der Waals surface area contributed by atoms with E-state index < -0.39 is 0 Å². The summed E-state index contributed by atoms with van der Waals surface area (Å²) in [5, 5.41) is 2.97. The first-order valence-corrected chi connectivity index (χ1v) is 7.47. The monoisotopic (exact) mass is 255 g/mol. The Kier molecular flexibility index (Phi) is 8.01. The van der Waals surface area contributed by atoms with Crippen molar-refractivity contribution in [3.05, 3.63) is 0 Å². The third kappa shape index (κ3) is 6.97. The van der Waals surface area contributed by atoms with Gasteiger partial charge in [-0.25, -0.2) is 0 Å². The number of hydrogen-bond donors (Lipinski definition) is 2. The summed E-state index contributed by atoms with van der Waals surface area (Å²) in [6, 6.07) is 0.0251. The number of amides is 1. The molecule has 1 heterocycles. The van der Waals surface area contributed by atoms with Crippen LogP contribution in [-0.4, -0.2) is 43.0 Å². The SMILES string of the molecule is CCCC(N)CC(=O)NCCCN1CCCCC1. The molecule has 0 spiro atoms. The van der Waals surface area contributed by atoms with E-state index >= 15 is 0 Å². The maximum Gasteiger partial charge on any atom is 0.221 e. The minimum Gasteiger partial charge on any atom is -0.356 e. The fraction of sp³-hybridized carbons (Fsp3) is 0.929. The Labute approximate surface area is 111 Å². The van der Waals surface area contributed by atoms with Crippen LogP contribution in [-0.2, 0) is 4.79 Å². The summed E-state index contributed by atoms with van der Waals surface area (Å²) in [6.45, 7) is 6.45. The van der Waals surface area contributed by atoms with Gasteiger partial charge < -0.3 is 16.0 Å². The molecule has 1 saturated heterocycles. The largest absolute Gasteiger partial charge is 0.356 e. The molecule has 0 saturated carbocycles. The first-order chi connectivity index (χ1) is 8.72. The summed E-state index contributed by atoms with van der Waals surface area (Å²) in [4.78, 5) is 14.1. The topological polar surface area (TPSA) is 58.4 Å². The number of carbonyl (C=O) groups excluding carboxylic acids is 1. The standard InChI is InChI=1S/C14H29N3O/c1-2-7-13(15)12-14(18)16-8-6-11-17-9-4-3-5-10-17/h13H,2-12,15H2,1H3,(H,16,18). The molecule has 106 valence electrons. The van der Waals surface area contributed by atoms with Crippen molar-refractivity contribution < 1.29 is 4.79 Å². The predicted molar refractivity (Wildman–Crippen MR) is 75.4 cm³/mol. The Bertz CT molecular complexity index is 227. The van der Waals surface area contributed by atoms with Crippen molar-refractivity contribution in [3.63, 3.8) is 0 Å². The van der Waals surface area contributed by atoms with Crippen LogP contribution in [0.25, 0.3) is 0 Å². The van der Waals surface area contributed by atoms with Crippen LogP contribution in [0.15, 0.2) is 0 Å². The van der Waals surface area contributed by atoms with Gasteiger partial charge in [0, 0.05) is 19.0 Å². The average molecular weight is 255 g/mol. The van der Waals surface area contributed by atoms with Crippen LogP contribution in [0.2, 0.25) is 0 Å². The average Bonchev–Trinajstić information content (AvgIpc) is 2.36. The van der Waals surface area contributed by atoms with E-state index in [1.807, 2.05) is 0 Å². The van der Waals surface area contributed by atoms with Crippen molar-refractivity contribution in [1.82, 2.24) is 10.2 Å². The molecule has 4 nitrogen and oxygen atoms in total. The number of nitrogens with one attached hydrogen (secondary N) is 1. The van der Waals surface area contributed by atoms with Crippen LogP contribution in [0.1, 0.15) is 51.9 Å². The van der Waals surface area contributed by atoms with Crippen molar-refractivity contribution in [3.8, 4) is 0 Å². The number of likely N-dealkylation sites (tertiary alicyclic amines) is 1. The molecule has 0 bridgehead atoms. The molecule has 0 aromatic carbocycles. The molecule has 0 aliphatic carbocycles. The van der Waals surface area contributed by atoms with Crippen LogP contribution in [0.4, 0.5) is 0 Å². The van der Waals surface area contributed by atoms with E-state index in [1.165, 1.54) is 32.4 Å². The van der Waals surface area contributed by atoms with E-state index in [0.717, 1.165) is 32.4 Å². The highest BCUT2D eigenvalue weighted by Crippen LogP contribution is 2.08. The Morgan fingerprint density at radius 2 is 2.06 bits per heavy atom. The minimum atomic E-state index is 0.0251. The first-order valence-electron chi connectivity index (χ1n) is 7.47. The minimum absolute atomic E-state index is 0.0251. The maximum absolute atomic E-state index is 11.6.